The van der Waals surface area contributed by atoms with Crippen LogP contribution in [0.1, 0.15) is 11.4 Å². The predicted molar refractivity (Wildman–Crippen MR) is 85.5 cm³/mol. The van der Waals surface area contributed by atoms with Gasteiger partial charge in [0.1, 0.15) is 24.4 Å². The lowest BCUT2D eigenvalue weighted by molar-refractivity contribution is 0.171. The maximum Gasteiger partial charge on any atom is 0.262 e. The van der Waals surface area contributed by atoms with Crippen molar-refractivity contribution >= 4 is 23.2 Å². The standard InChI is InChI=1S/C16H14N4O3/c1-20-15-11(9-17-20)16(21)19-14(18-15)5-3-10-2-4-12-13(8-10)23-7-6-22-12/h2-5,8-9H,6-7H2,1H3,(H,18,19,21)/b5-3+. The van der Waals surface area contributed by atoms with Crippen molar-refractivity contribution in [3.8, 4) is 11.5 Å². The Morgan fingerprint density at radius 1 is 1.22 bits per heavy atom. The first-order valence-corrected chi connectivity index (χ1v) is 7.20. The number of benzene rings is 1. The number of aryl methyl sites for hydroxylation is 1. The maximum atomic E-state index is 12.0. The molecule has 0 spiro atoms. The average molecular weight is 310 g/mol. The van der Waals surface area contributed by atoms with Gasteiger partial charge in [0.05, 0.1) is 6.20 Å². The maximum absolute atomic E-state index is 12.0. The van der Waals surface area contributed by atoms with Crippen LogP contribution in [-0.2, 0) is 7.05 Å². The summed E-state index contributed by atoms with van der Waals surface area (Å²) in [5.41, 5.74) is 1.28. The van der Waals surface area contributed by atoms with Crippen molar-refractivity contribution in [3.05, 3.63) is 46.1 Å². The molecule has 23 heavy (non-hydrogen) atoms. The minimum absolute atomic E-state index is 0.204. The molecule has 1 aromatic carbocycles. The number of aromatic amines is 1. The van der Waals surface area contributed by atoms with Gasteiger partial charge in [-0.25, -0.2) is 4.98 Å². The van der Waals surface area contributed by atoms with E-state index in [0.29, 0.717) is 30.1 Å². The van der Waals surface area contributed by atoms with Crippen molar-refractivity contribution in [3.63, 3.8) is 0 Å². The second-order valence-corrected chi connectivity index (χ2v) is 5.19. The molecule has 0 atom stereocenters. The molecule has 0 unspecified atom stereocenters. The monoisotopic (exact) mass is 310 g/mol. The minimum atomic E-state index is -0.204. The molecule has 0 radical (unpaired) electrons. The first-order chi connectivity index (χ1) is 11.2. The smallest absolute Gasteiger partial charge is 0.262 e. The topological polar surface area (TPSA) is 82.0 Å². The molecule has 1 aliphatic heterocycles. The van der Waals surface area contributed by atoms with E-state index in [2.05, 4.69) is 15.1 Å². The summed E-state index contributed by atoms with van der Waals surface area (Å²) in [5, 5.41) is 4.52. The lowest BCUT2D eigenvalue weighted by Gasteiger charge is -2.18. The van der Waals surface area contributed by atoms with Crippen LogP contribution in [0.3, 0.4) is 0 Å². The van der Waals surface area contributed by atoms with Crippen LogP contribution < -0.4 is 15.0 Å². The van der Waals surface area contributed by atoms with Crippen LogP contribution in [0.4, 0.5) is 0 Å². The molecule has 2 aromatic heterocycles. The van der Waals surface area contributed by atoms with Crippen molar-refractivity contribution < 1.29 is 9.47 Å². The van der Waals surface area contributed by atoms with Gasteiger partial charge < -0.3 is 14.5 Å². The van der Waals surface area contributed by atoms with E-state index in [-0.39, 0.29) is 5.56 Å². The number of fused-ring (bicyclic) bond motifs is 2. The molecule has 7 heteroatoms. The summed E-state index contributed by atoms with van der Waals surface area (Å²) in [5.74, 6) is 1.94. The third kappa shape index (κ3) is 2.46. The van der Waals surface area contributed by atoms with Crippen LogP contribution in [0.5, 0.6) is 11.5 Å². The van der Waals surface area contributed by atoms with E-state index in [9.17, 15) is 4.79 Å². The van der Waals surface area contributed by atoms with Crippen LogP contribution in [0.25, 0.3) is 23.2 Å². The molecule has 0 amide bonds. The molecule has 7 nitrogen and oxygen atoms in total. The fourth-order valence-electron chi connectivity index (χ4n) is 2.47. The summed E-state index contributed by atoms with van der Waals surface area (Å²) in [4.78, 5) is 19.1. The quantitative estimate of drug-likeness (QED) is 0.777. The Morgan fingerprint density at radius 2 is 2.04 bits per heavy atom. The van der Waals surface area contributed by atoms with Gasteiger partial charge >= 0.3 is 0 Å². The summed E-state index contributed by atoms with van der Waals surface area (Å²) in [6.07, 6.45) is 5.12. The number of H-pyrrole nitrogens is 1. The van der Waals surface area contributed by atoms with Gasteiger partial charge in [0.2, 0.25) is 0 Å². The van der Waals surface area contributed by atoms with Crippen molar-refractivity contribution in [2.45, 2.75) is 0 Å². The van der Waals surface area contributed by atoms with Gasteiger partial charge in [-0.3, -0.25) is 9.48 Å². The molecule has 0 saturated carbocycles. The fourth-order valence-corrected chi connectivity index (χ4v) is 2.47. The number of hydrogen-bond acceptors (Lipinski definition) is 5. The van der Waals surface area contributed by atoms with E-state index >= 15 is 0 Å². The molecule has 1 N–H and O–H groups in total. The van der Waals surface area contributed by atoms with Gasteiger partial charge in [-0.15, -0.1) is 0 Å². The second kappa shape index (κ2) is 5.28. The van der Waals surface area contributed by atoms with Crippen molar-refractivity contribution in [2.75, 3.05) is 13.2 Å². The average Bonchev–Trinajstić information content (AvgIpc) is 2.95. The van der Waals surface area contributed by atoms with Gasteiger partial charge in [0, 0.05) is 7.05 Å². The molecular formula is C16H14N4O3. The van der Waals surface area contributed by atoms with Crippen LogP contribution in [0.2, 0.25) is 0 Å². The van der Waals surface area contributed by atoms with Crippen molar-refractivity contribution in [1.29, 1.82) is 0 Å². The fraction of sp³-hybridized carbons (Fsp3) is 0.188. The molecule has 3 aromatic rings. The van der Waals surface area contributed by atoms with Crippen LogP contribution in [0, 0.1) is 0 Å². The SMILES string of the molecule is Cn1ncc2c(=O)[nH]c(/C=C/c3ccc4c(c3)OCCO4)nc21. The van der Waals surface area contributed by atoms with Crippen LogP contribution in [0.15, 0.2) is 29.2 Å². The van der Waals surface area contributed by atoms with Gasteiger partial charge in [-0.05, 0) is 23.8 Å². The minimum Gasteiger partial charge on any atom is -0.486 e. The van der Waals surface area contributed by atoms with E-state index < -0.39 is 0 Å². The highest BCUT2D eigenvalue weighted by molar-refractivity contribution is 5.75. The Morgan fingerprint density at radius 3 is 2.91 bits per heavy atom. The Hall–Kier alpha value is -3.09. The molecule has 0 aliphatic carbocycles. The third-order valence-corrected chi connectivity index (χ3v) is 3.62. The lowest BCUT2D eigenvalue weighted by Crippen LogP contribution is -2.15. The molecule has 3 heterocycles. The third-order valence-electron chi connectivity index (χ3n) is 3.62. The summed E-state index contributed by atoms with van der Waals surface area (Å²) < 4.78 is 12.6. The van der Waals surface area contributed by atoms with E-state index in [1.807, 2.05) is 24.3 Å². The Kier molecular flexibility index (Phi) is 3.11. The molecule has 4 rings (SSSR count). The first kappa shape index (κ1) is 13.6. The van der Waals surface area contributed by atoms with E-state index in [4.69, 9.17) is 9.47 Å². The van der Waals surface area contributed by atoms with Gasteiger partial charge in [0.25, 0.3) is 5.56 Å². The number of nitrogens with zero attached hydrogens (tertiary/aromatic N) is 3. The Labute approximate surface area is 131 Å². The molecule has 0 fully saturated rings. The van der Waals surface area contributed by atoms with E-state index in [1.54, 1.807) is 17.8 Å². The van der Waals surface area contributed by atoms with Gasteiger partial charge in [-0.2, -0.15) is 5.10 Å². The zero-order chi connectivity index (χ0) is 15.8. The van der Waals surface area contributed by atoms with E-state index in [1.165, 1.54) is 6.20 Å². The second-order valence-electron chi connectivity index (χ2n) is 5.19. The summed E-state index contributed by atoms with van der Waals surface area (Å²) >= 11 is 0. The van der Waals surface area contributed by atoms with Gasteiger partial charge in [0.15, 0.2) is 17.1 Å². The van der Waals surface area contributed by atoms with Crippen molar-refractivity contribution in [2.24, 2.45) is 7.05 Å². The van der Waals surface area contributed by atoms with E-state index in [0.717, 1.165) is 17.1 Å². The normalized spacial score (nSPS) is 13.8. The Balaban J connectivity index is 1.68. The highest BCUT2D eigenvalue weighted by Gasteiger charge is 2.11. The summed E-state index contributed by atoms with van der Waals surface area (Å²) in [6, 6.07) is 5.69. The largest absolute Gasteiger partial charge is 0.486 e. The molecule has 0 bridgehead atoms. The first-order valence-electron chi connectivity index (χ1n) is 7.20. The molecular weight excluding hydrogens is 296 g/mol. The number of hydrogen-bond donors (Lipinski definition) is 1. The summed E-state index contributed by atoms with van der Waals surface area (Å²) in [6.45, 7) is 1.12. The summed E-state index contributed by atoms with van der Waals surface area (Å²) in [7, 11) is 1.75. The number of ether oxygens (including phenoxy) is 2. The molecule has 116 valence electrons. The number of rotatable bonds is 2. The zero-order valence-electron chi connectivity index (χ0n) is 12.4. The Bertz CT molecular complexity index is 971. The molecule has 1 aliphatic rings. The predicted octanol–water partition coefficient (Wildman–Crippen LogP) is 1.60. The van der Waals surface area contributed by atoms with Crippen LogP contribution in [-0.4, -0.2) is 33.0 Å². The van der Waals surface area contributed by atoms with Crippen LogP contribution >= 0.6 is 0 Å². The van der Waals surface area contributed by atoms with Gasteiger partial charge in [-0.1, -0.05) is 12.1 Å². The van der Waals surface area contributed by atoms with Crippen molar-refractivity contribution in [1.82, 2.24) is 19.7 Å². The highest BCUT2D eigenvalue weighted by Crippen LogP contribution is 2.31. The highest BCUT2D eigenvalue weighted by atomic mass is 16.6. The zero-order valence-corrected chi connectivity index (χ0v) is 12.4. The molecule has 0 saturated heterocycles. The number of nitrogens with one attached hydrogen (secondary N) is 1. The lowest BCUT2D eigenvalue weighted by atomic mass is 10.2. The number of aromatic nitrogens is 4.